The summed E-state index contributed by atoms with van der Waals surface area (Å²) in [6.07, 6.45) is 0. The summed E-state index contributed by atoms with van der Waals surface area (Å²) in [5.74, 6) is 1.98. The van der Waals surface area contributed by atoms with Crippen LogP contribution >= 0.6 is 11.8 Å². The van der Waals surface area contributed by atoms with Gasteiger partial charge in [-0.1, -0.05) is 12.1 Å². The molecule has 0 saturated carbocycles. The summed E-state index contributed by atoms with van der Waals surface area (Å²) in [4.78, 5) is 0.341. The van der Waals surface area contributed by atoms with Crippen molar-refractivity contribution < 1.29 is 17.9 Å². The fraction of sp³-hybridized carbons (Fsp3) is 0.368. The number of nitrogens with zero attached hydrogens (tertiary/aromatic N) is 1. The maximum Gasteiger partial charge on any atom is 0.244 e. The van der Waals surface area contributed by atoms with Crippen LogP contribution in [-0.2, 0) is 10.0 Å². The van der Waals surface area contributed by atoms with Crippen molar-refractivity contribution in [1.29, 1.82) is 0 Å². The highest BCUT2D eigenvalue weighted by Gasteiger charge is 2.37. The van der Waals surface area contributed by atoms with Gasteiger partial charge in [0.05, 0.1) is 24.5 Å². The average molecular weight is 394 g/mol. The Morgan fingerprint density at radius 2 is 1.73 bits per heavy atom. The van der Waals surface area contributed by atoms with Crippen LogP contribution < -0.4 is 9.47 Å². The number of benzene rings is 2. The first-order valence-corrected chi connectivity index (χ1v) is 10.8. The van der Waals surface area contributed by atoms with E-state index in [1.807, 2.05) is 38.1 Å². The number of methoxy groups -OCH3 is 2. The van der Waals surface area contributed by atoms with Crippen LogP contribution in [0.5, 0.6) is 11.5 Å². The number of ether oxygens (including phenoxy) is 2. The second kappa shape index (κ2) is 7.50. The van der Waals surface area contributed by atoms with Gasteiger partial charge in [-0.2, -0.15) is 4.31 Å². The Morgan fingerprint density at radius 1 is 1.00 bits per heavy atom. The van der Waals surface area contributed by atoms with Crippen LogP contribution in [0.2, 0.25) is 0 Å². The Hall–Kier alpha value is -1.70. The van der Waals surface area contributed by atoms with Gasteiger partial charge in [0.15, 0.2) is 11.5 Å². The smallest absolute Gasteiger partial charge is 0.244 e. The van der Waals surface area contributed by atoms with Gasteiger partial charge in [0, 0.05) is 12.3 Å². The number of sulfonamides is 1. The molecule has 26 heavy (non-hydrogen) atoms. The summed E-state index contributed by atoms with van der Waals surface area (Å²) in [6.45, 7) is 4.39. The molecule has 140 valence electrons. The van der Waals surface area contributed by atoms with E-state index in [-0.39, 0.29) is 5.37 Å². The monoisotopic (exact) mass is 393 g/mol. The molecule has 1 heterocycles. The van der Waals surface area contributed by atoms with Crippen molar-refractivity contribution in [3.8, 4) is 11.5 Å². The van der Waals surface area contributed by atoms with E-state index >= 15 is 0 Å². The molecule has 1 saturated heterocycles. The topological polar surface area (TPSA) is 55.8 Å². The molecule has 0 aliphatic carbocycles. The van der Waals surface area contributed by atoms with Gasteiger partial charge in [-0.3, -0.25) is 0 Å². The molecular formula is C19H23NO4S2. The molecule has 1 fully saturated rings. The summed E-state index contributed by atoms with van der Waals surface area (Å²) in [7, 11) is -0.412. The second-order valence-corrected chi connectivity index (χ2v) is 9.28. The fourth-order valence-electron chi connectivity index (χ4n) is 2.98. The quantitative estimate of drug-likeness (QED) is 0.774. The highest BCUT2D eigenvalue weighted by molar-refractivity contribution is 8.01. The molecule has 2 aromatic carbocycles. The molecule has 0 bridgehead atoms. The number of rotatable bonds is 5. The number of hydrogen-bond acceptors (Lipinski definition) is 5. The molecule has 2 aromatic rings. The van der Waals surface area contributed by atoms with Crippen molar-refractivity contribution >= 4 is 21.8 Å². The third-order valence-electron chi connectivity index (χ3n) is 4.63. The Balaban J connectivity index is 1.98. The molecule has 0 spiro atoms. The molecule has 0 radical (unpaired) electrons. The SMILES string of the molecule is COc1ccc([C@H]2SCCN2S(=O)(=O)c2ccc(C)c(C)c2)cc1OC. The van der Waals surface area contributed by atoms with Gasteiger partial charge in [0.1, 0.15) is 0 Å². The zero-order valence-electron chi connectivity index (χ0n) is 15.4. The van der Waals surface area contributed by atoms with Crippen LogP contribution in [0.15, 0.2) is 41.3 Å². The lowest BCUT2D eigenvalue weighted by molar-refractivity contribution is 0.353. The number of hydrogen-bond donors (Lipinski definition) is 0. The first kappa shape index (κ1) is 19.1. The van der Waals surface area contributed by atoms with E-state index in [2.05, 4.69) is 0 Å². The summed E-state index contributed by atoms with van der Waals surface area (Å²) in [6, 6.07) is 10.9. The molecule has 1 aliphatic heterocycles. The minimum Gasteiger partial charge on any atom is -0.493 e. The van der Waals surface area contributed by atoms with Crippen LogP contribution in [-0.4, -0.2) is 39.2 Å². The Bertz CT molecular complexity index is 912. The predicted octanol–water partition coefficient (Wildman–Crippen LogP) is 3.76. The molecule has 7 heteroatoms. The summed E-state index contributed by atoms with van der Waals surface area (Å²) in [5.41, 5.74) is 2.94. The Kier molecular flexibility index (Phi) is 5.50. The van der Waals surface area contributed by atoms with Gasteiger partial charge < -0.3 is 9.47 Å². The van der Waals surface area contributed by atoms with E-state index in [1.165, 1.54) is 0 Å². The van der Waals surface area contributed by atoms with Gasteiger partial charge in [-0.15, -0.1) is 11.8 Å². The highest BCUT2D eigenvalue weighted by atomic mass is 32.2. The van der Waals surface area contributed by atoms with Crippen molar-refractivity contribution in [3.63, 3.8) is 0 Å². The lowest BCUT2D eigenvalue weighted by atomic mass is 10.1. The molecule has 1 atom stereocenters. The zero-order chi connectivity index (χ0) is 18.9. The van der Waals surface area contributed by atoms with Crippen LogP contribution in [0.4, 0.5) is 0 Å². The molecular weight excluding hydrogens is 370 g/mol. The molecule has 5 nitrogen and oxygen atoms in total. The minimum absolute atomic E-state index is 0.276. The second-order valence-electron chi connectivity index (χ2n) is 6.20. The first-order valence-electron chi connectivity index (χ1n) is 8.31. The van der Waals surface area contributed by atoms with E-state index in [9.17, 15) is 8.42 Å². The van der Waals surface area contributed by atoms with E-state index in [1.54, 1.807) is 42.4 Å². The Labute approximate surface area is 159 Å². The van der Waals surface area contributed by atoms with Crippen LogP contribution in [0.25, 0.3) is 0 Å². The molecule has 0 unspecified atom stereocenters. The van der Waals surface area contributed by atoms with Crippen LogP contribution in [0.3, 0.4) is 0 Å². The molecule has 3 rings (SSSR count). The van der Waals surface area contributed by atoms with Gasteiger partial charge in [0.25, 0.3) is 0 Å². The van der Waals surface area contributed by atoms with Crippen molar-refractivity contribution in [2.45, 2.75) is 24.1 Å². The standard InChI is InChI=1S/C19H23NO4S2/c1-13-5-7-16(11-14(13)2)26(21,22)20-9-10-25-19(20)15-6-8-17(23-3)18(12-15)24-4/h5-8,11-12,19H,9-10H2,1-4H3/t19-/m1/s1. The van der Waals surface area contributed by atoms with Crippen molar-refractivity contribution in [2.75, 3.05) is 26.5 Å². The Morgan fingerprint density at radius 3 is 2.38 bits per heavy atom. The lowest BCUT2D eigenvalue weighted by Crippen LogP contribution is -2.30. The van der Waals surface area contributed by atoms with E-state index in [0.29, 0.717) is 22.9 Å². The van der Waals surface area contributed by atoms with Crippen LogP contribution in [0, 0.1) is 13.8 Å². The van der Waals surface area contributed by atoms with Crippen molar-refractivity contribution in [2.24, 2.45) is 0 Å². The fourth-order valence-corrected chi connectivity index (χ4v) is 6.30. The zero-order valence-corrected chi connectivity index (χ0v) is 17.0. The molecule has 1 aliphatic rings. The minimum atomic E-state index is -3.57. The molecule has 0 N–H and O–H groups in total. The molecule has 0 amide bonds. The third-order valence-corrected chi connectivity index (χ3v) is 7.88. The van der Waals surface area contributed by atoms with Gasteiger partial charge >= 0.3 is 0 Å². The van der Waals surface area contributed by atoms with E-state index in [0.717, 1.165) is 22.4 Å². The average Bonchev–Trinajstić information content (AvgIpc) is 3.14. The summed E-state index contributed by atoms with van der Waals surface area (Å²) >= 11 is 1.62. The van der Waals surface area contributed by atoms with E-state index in [4.69, 9.17) is 9.47 Å². The lowest BCUT2D eigenvalue weighted by Gasteiger charge is -2.24. The van der Waals surface area contributed by atoms with Crippen molar-refractivity contribution in [1.82, 2.24) is 4.31 Å². The van der Waals surface area contributed by atoms with Gasteiger partial charge in [-0.25, -0.2) is 8.42 Å². The maximum absolute atomic E-state index is 13.2. The highest BCUT2D eigenvalue weighted by Crippen LogP contribution is 2.43. The maximum atomic E-state index is 13.2. The van der Waals surface area contributed by atoms with Gasteiger partial charge in [-0.05, 0) is 54.8 Å². The number of thioether (sulfide) groups is 1. The summed E-state index contributed by atoms with van der Waals surface area (Å²) in [5, 5.41) is -0.276. The summed E-state index contributed by atoms with van der Waals surface area (Å²) < 4.78 is 38.7. The van der Waals surface area contributed by atoms with Gasteiger partial charge in [0.2, 0.25) is 10.0 Å². The first-order chi connectivity index (χ1) is 12.4. The predicted molar refractivity (Wildman–Crippen MR) is 105 cm³/mol. The van der Waals surface area contributed by atoms with Crippen molar-refractivity contribution in [3.05, 3.63) is 53.1 Å². The van der Waals surface area contributed by atoms with Crippen LogP contribution in [0.1, 0.15) is 22.1 Å². The number of aryl methyl sites for hydroxylation is 2. The largest absolute Gasteiger partial charge is 0.493 e. The molecule has 0 aromatic heterocycles. The normalized spacial score (nSPS) is 18.1. The third kappa shape index (κ3) is 3.43. The van der Waals surface area contributed by atoms with E-state index < -0.39 is 10.0 Å².